The van der Waals surface area contributed by atoms with Crippen LogP contribution in [0.1, 0.15) is 5.56 Å². The number of nitrogens with zero attached hydrogens (tertiary/aromatic N) is 2. The standard InChI is InChI=1S/C21H17N3O5S/c1-28-17-5-3-2-4-16(17)23-19(25)13-24-20(26)18(30-21(24)27)12-14-6-8-15(9-7-14)29-11-10-22/h2-9,12H,11,13H2,1H3,(H,23,25)/b18-12-. The number of thioether (sulfide) groups is 1. The minimum absolute atomic E-state index is 0.0604. The van der Waals surface area contributed by atoms with E-state index >= 15 is 0 Å². The number of carbonyl (C=O) groups is 3. The number of hydrogen-bond donors (Lipinski definition) is 1. The van der Waals surface area contributed by atoms with E-state index < -0.39 is 23.6 Å². The normalized spacial score (nSPS) is 14.5. The molecule has 9 heteroatoms. The van der Waals surface area contributed by atoms with Crippen LogP contribution in [-0.4, -0.2) is 42.2 Å². The Balaban J connectivity index is 1.66. The SMILES string of the molecule is COc1ccccc1NC(=O)CN1C(=O)S/C(=C\c2ccc(OCC#N)cc2)C1=O. The molecule has 2 aromatic rings. The lowest BCUT2D eigenvalue weighted by atomic mass is 10.2. The maximum Gasteiger partial charge on any atom is 0.294 e. The number of nitriles is 1. The minimum atomic E-state index is -0.537. The highest BCUT2D eigenvalue weighted by Crippen LogP contribution is 2.32. The molecule has 0 atom stereocenters. The van der Waals surface area contributed by atoms with Crippen LogP contribution in [0.3, 0.4) is 0 Å². The van der Waals surface area contributed by atoms with Crippen LogP contribution in [0.2, 0.25) is 0 Å². The van der Waals surface area contributed by atoms with Gasteiger partial charge in [-0.05, 0) is 47.7 Å². The average molecular weight is 423 g/mol. The van der Waals surface area contributed by atoms with Gasteiger partial charge in [-0.15, -0.1) is 0 Å². The Labute approximate surface area is 177 Å². The summed E-state index contributed by atoms with van der Waals surface area (Å²) in [6.07, 6.45) is 1.57. The number of nitrogens with one attached hydrogen (secondary N) is 1. The second-order valence-electron chi connectivity index (χ2n) is 6.03. The molecule has 1 heterocycles. The van der Waals surface area contributed by atoms with Crippen LogP contribution in [-0.2, 0) is 9.59 Å². The third-order valence-corrected chi connectivity index (χ3v) is 4.95. The summed E-state index contributed by atoms with van der Waals surface area (Å²) in [7, 11) is 1.48. The lowest BCUT2D eigenvalue weighted by Crippen LogP contribution is -2.36. The van der Waals surface area contributed by atoms with Crippen molar-refractivity contribution in [2.24, 2.45) is 0 Å². The molecule has 0 spiro atoms. The molecule has 30 heavy (non-hydrogen) atoms. The molecule has 2 aromatic carbocycles. The fraction of sp³-hybridized carbons (Fsp3) is 0.143. The van der Waals surface area contributed by atoms with Crippen molar-refractivity contribution in [1.29, 1.82) is 5.26 Å². The van der Waals surface area contributed by atoms with E-state index in [9.17, 15) is 14.4 Å². The van der Waals surface area contributed by atoms with Crippen LogP contribution in [0.4, 0.5) is 10.5 Å². The van der Waals surface area contributed by atoms with Crippen molar-refractivity contribution in [2.75, 3.05) is 25.6 Å². The summed E-state index contributed by atoms with van der Waals surface area (Å²) in [6.45, 7) is -0.462. The summed E-state index contributed by atoms with van der Waals surface area (Å²) < 4.78 is 10.3. The Morgan fingerprint density at radius 2 is 1.93 bits per heavy atom. The smallest absolute Gasteiger partial charge is 0.294 e. The lowest BCUT2D eigenvalue weighted by Gasteiger charge is -2.14. The van der Waals surface area contributed by atoms with Crippen LogP contribution in [0, 0.1) is 11.3 Å². The van der Waals surface area contributed by atoms with Crippen molar-refractivity contribution in [1.82, 2.24) is 4.90 Å². The third kappa shape index (κ3) is 4.98. The largest absolute Gasteiger partial charge is 0.495 e. The van der Waals surface area contributed by atoms with Crippen molar-refractivity contribution in [3.8, 4) is 17.6 Å². The number of benzene rings is 2. The number of rotatable bonds is 7. The van der Waals surface area contributed by atoms with E-state index in [0.717, 1.165) is 16.7 Å². The van der Waals surface area contributed by atoms with Gasteiger partial charge in [0, 0.05) is 0 Å². The van der Waals surface area contributed by atoms with Crippen LogP contribution in [0.25, 0.3) is 6.08 Å². The van der Waals surface area contributed by atoms with Gasteiger partial charge in [0.1, 0.15) is 24.1 Å². The van der Waals surface area contributed by atoms with Gasteiger partial charge in [-0.25, -0.2) is 0 Å². The first-order chi connectivity index (χ1) is 14.5. The molecule has 0 aliphatic carbocycles. The average Bonchev–Trinajstić information content (AvgIpc) is 3.01. The Hall–Kier alpha value is -3.77. The molecular weight excluding hydrogens is 406 g/mol. The highest BCUT2D eigenvalue weighted by Gasteiger charge is 2.36. The van der Waals surface area contributed by atoms with E-state index in [1.165, 1.54) is 7.11 Å². The monoisotopic (exact) mass is 423 g/mol. The van der Waals surface area contributed by atoms with Gasteiger partial charge in [0.05, 0.1) is 17.7 Å². The predicted molar refractivity (Wildman–Crippen MR) is 112 cm³/mol. The lowest BCUT2D eigenvalue weighted by molar-refractivity contribution is -0.127. The molecule has 3 amide bonds. The Kier molecular flexibility index (Phi) is 6.72. The van der Waals surface area contributed by atoms with Gasteiger partial charge < -0.3 is 14.8 Å². The highest BCUT2D eigenvalue weighted by atomic mass is 32.2. The van der Waals surface area contributed by atoms with Crippen LogP contribution >= 0.6 is 11.8 Å². The van der Waals surface area contributed by atoms with Gasteiger partial charge >= 0.3 is 0 Å². The zero-order valence-corrected chi connectivity index (χ0v) is 16.8. The molecule has 8 nitrogen and oxygen atoms in total. The molecule has 0 radical (unpaired) electrons. The van der Waals surface area contributed by atoms with Gasteiger partial charge in [-0.3, -0.25) is 19.3 Å². The second kappa shape index (κ2) is 9.62. The van der Waals surface area contributed by atoms with E-state index in [1.54, 1.807) is 54.6 Å². The van der Waals surface area contributed by atoms with Gasteiger partial charge in [0.15, 0.2) is 6.61 Å². The molecular formula is C21H17N3O5S. The van der Waals surface area contributed by atoms with Crippen molar-refractivity contribution >= 4 is 40.6 Å². The second-order valence-corrected chi connectivity index (χ2v) is 7.03. The Bertz CT molecular complexity index is 1040. The molecule has 3 rings (SSSR count). The number of carbonyl (C=O) groups excluding carboxylic acids is 3. The van der Waals surface area contributed by atoms with Gasteiger partial charge in [0.25, 0.3) is 11.1 Å². The summed E-state index contributed by atoms with van der Waals surface area (Å²) in [5, 5.41) is 10.6. The van der Waals surface area contributed by atoms with E-state index in [4.69, 9.17) is 14.7 Å². The van der Waals surface area contributed by atoms with Crippen molar-refractivity contribution in [2.45, 2.75) is 0 Å². The zero-order chi connectivity index (χ0) is 21.5. The van der Waals surface area contributed by atoms with Crippen LogP contribution in [0.15, 0.2) is 53.4 Å². The van der Waals surface area contributed by atoms with Crippen molar-refractivity contribution < 1.29 is 23.9 Å². The van der Waals surface area contributed by atoms with E-state index in [1.807, 2.05) is 6.07 Å². The molecule has 152 valence electrons. The first kappa shape index (κ1) is 21.0. The number of imide groups is 1. The summed E-state index contributed by atoms with van der Waals surface area (Å²) in [6, 6.07) is 15.5. The molecule has 0 unspecified atom stereocenters. The zero-order valence-electron chi connectivity index (χ0n) is 16.0. The maximum absolute atomic E-state index is 12.6. The number of hydrogen-bond acceptors (Lipinski definition) is 7. The quantitative estimate of drug-likeness (QED) is 0.681. The molecule has 1 fully saturated rings. The van der Waals surface area contributed by atoms with Crippen LogP contribution < -0.4 is 14.8 Å². The molecule has 0 aromatic heterocycles. The minimum Gasteiger partial charge on any atom is -0.495 e. The summed E-state index contributed by atoms with van der Waals surface area (Å²) >= 11 is 0.770. The van der Waals surface area contributed by atoms with Gasteiger partial charge in [-0.2, -0.15) is 5.26 Å². The third-order valence-electron chi connectivity index (χ3n) is 4.04. The number of anilines is 1. The molecule has 1 saturated heterocycles. The van der Waals surface area contributed by atoms with Gasteiger partial charge in [-0.1, -0.05) is 24.3 Å². The van der Waals surface area contributed by atoms with Crippen molar-refractivity contribution in [3.05, 3.63) is 59.0 Å². The highest BCUT2D eigenvalue weighted by molar-refractivity contribution is 8.18. The Morgan fingerprint density at radius 1 is 1.20 bits per heavy atom. The molecule has 1 aliphatic rings. The molecule has 1 aliphatic heterocycles. The van der Waals surface area contributed by atoms with Crippen LogP contribution in [0.5, 0.6) is 11.5 Å². The topological polar surface area (TPSA) is 109 Å². The summed E-state index contributed by atoms with van der Waals surface area (Å²) in [5.41, 5.74) is 1.13. The fourth-order valence-electron chi connectivity index (χ4n) is 2.64. The first-order valence-electron chi connectivity index (χ1n) is 8.80. The molecule has 0 saturated carbocycles. The Morgan fingerprint density at radius 3 is 2.63 bits per heavy atom. The predicted octanol–water partition coefficient (Wildman–Crippen LogP) is 3.27. The number of amides is 3. The van der Waals surface area contributed by atoms with E-state index in [-0.39, 0.29) is 11.5 Å². The summed E-state index contributed by atoms with van der Waals surface area (Å²) in [4.78, 5) is 38.3. The number of para-hydroxylation sites is 2. The molecule has 1 N–H and O–H groups in total. The fourth-order valence-corrected chi connectivity index (χ4v) is 3.48. The molecule has 0 bridgehead atoms. The number of ether oxygens (including phenoxy) is 2. The first-order valence-corrected chi connectivity index (χ1v) is 9.61. The maximum atomic E-state index is 12.6. The van der Waals surface area contributed by atoms with Crippen molar-refractivity contribution in [3.63, 3.8) is 0 Å². The van der Waals surface area contributed by atoms with Gasteiger partial charge in [0.2, 0.25) is 5.91 Å². The van der Waals surface area contributed by atoms with E-state index in [2.05, 4.69) is 5.32 Å². The number of methoxy groups -OCH3 is 1. The van der Waals surface area contributed by atoms with E-state index in [0.29, 0.717) is 22.7 Å². The summed E-state index contributed by atoms with van der Waals surface area (Å²) in [5.74, 6) is -0.0519.